The second-order valence-electron chi connectivity index (χ2n) is 6.58. The van der Waals surface area contributed by atoms with Gasteiger partial charge in [-0.05, 0) is 29.1 Å². The third kappa shape index (κ3) is 3.57. The van der Waals surface area contributed by atoms with Crippen molar-refractivity contribution in [2.45, 2.75) is 6.54 Å². The van der Waals surface area contributed by atoms with E-state index < -0.39 is 0 Å². The normalized spacial score (nSPS) is 15.3. The van der Waals surface area contributed by atoms with E-state index in [2.05, 4.69) is 21.3 Å². The van der Waals surface area contributed by atoms with Crippen LogP contribution in [-0.2, 0) is 13.6 Å². The van der Waals surface area contributed by atoms with Crippen molar-refractivity contribution in [1.29, 1.82) is 0 Å². The molecule has 0 unspecified atom stereocenters. The standard InChI is InChI=1S/C20H22N4OS/c1-22-9-8-21-19(22)15-23-10-12-24(13-11-23)20(25)17-6-4-16(5-7-17)18-3-2-14-26-18/h2-9,14H,10-13,15H2,1H3. The Hall–Kier alpha value is -2.44. The van der Waals surface area contributed by atoms with Crippen molar-refractivity contribution < 1.29 is 4.79 Å². The van der Waals surface area contributed by atoms with E-state index in [0.29, 0.717) is 0 Å². The zero-order chi connectivity index (χ0) is 17.9. The Kier molecular flexibility index (Phi) is 4.86. The van der Waals surface area contributed by atoms with Crippen LogP contribution < -0.4 is 0 Å². The first-order valence-corrected chi connectivity index (χ1v) is 9.70. The largest absolute Gasteiger partial charge is 0.337 e. The Bertz CT molecular complexity index is 862. The highest BCUT2D eigenvalue weighted by Crippen LogP contribution is 2.25. The van der Waals surface area contributed by atoms with Gasteiger partial charge in [-0.1, -0.05) is 18.2 Å². The average Bonchev–Trinajstić information content (AvgIpc) is 3.35. The van der Waals surface area contributed by atoms with Crippen LogP contribution in [0.3, 0.4) is 0 Å². The van der Waals surface area contributed by atoms with E-state index in [0.717, 1.165) is 49.7 Å². The average molecular weight is 366 g/mol. The quantitative estimate of drug-likeness (QED) is 0.712. The van der Waals surface area contributed by atoms with Gasteiger partial charge in [0.2, 0.25) is 0 Å². The van der Waals surface area contributed by atoms with Crippen molar-refractivity contribution >= 4 is 17.2 Å². The number of nitrogens with zero attached hydrogens (tertiary/aromatic N) is 4. The molecule has 3 heterocycles. The molecular formula is C20H22N4OS. The Morgan fingerprint density at radius 3 is 2.50 bits per heavy atom. The summed E-state index contributed by atoms with van der Waals surface area (Å²) in [5.41, 5.74) is 1.93. The van der Waals surface area contributed by atoms with Crippen LogP contribution in [-0.4, -0.2) is 51.4 Å². The van der Waals surface area contributed by atoms with Crippen LogP contribution in [0.2, 0.25) is 0 Å². The van der Waals surface area contributed by atoms with E-state index in [1.54, 1.807) is 11.3 Å². The van der Waals surface area contributed by atoms with E-state index in [-0.39, 0.29) is 5.91 Å². The lowest BCUT2D eigenvalue weighted by Crippen LogP contribution is -2.48. The number of hydrogen-bond acceptors (Lipinski definition) is 4. The number of rotatable bonds is 4. The number of aryl methyl sites for hydroxylation is 1. The topological polar surface area (TPSA) is 41.4 Å². The second kappa shape index (κ2) is 7.43. The van der Waals surface area contributed by atoms with E-state index in [1.807, 2.05) is 59.2 Å². The summed E-state index contributed by atoms with van der Waals surface area (Å²) >= 11 is 1.71. The van der Waals surface area contributed by atoms with Crippen LogP contribution in [0.1, 0.15) is 16.2 Å². The van der Waals surface area contributed by atoms with Crippen LogP contribution in [0.4, 0.5) is 0 Å². The summed E-state index contributed by atoms with van der Waals surface area (Å²) in [6.45, 7) is 4.12. The summed E-state index contributed by atoms with van der Waals surface area (Å²) in [7, 11) is 2.02. The van der Waals surface area contributed by atoms with Gasteiger partial charge in [-0.3, -0.25) is 9.69 Å². The maximum absolute atomic E-state index is 12.8. The molecule has 0 atom stereocenters. The molecule has 1 aromatic carbocycles. The molecule has 0 aliphatic carbocycles. The highest BCUT2D eigenvalue weighted by molar-refractivity contribution is 7.13. The summed E-state index contributed by atoms with van der Waals surface area (Å²) in [5, 5.41) is 2.07. The van der Waals surface area contributed by atoms with Crippen molar-refractivity contribution in [3.05, 3.63) is 65.6 Å². The predicted molar refractivity (Wildman–Crippen MR) is 104 cm³/mol. The molecule has 2 aromatic heterocycles. The van der Waals surface area contributed by atoms with Crippen molar-refractivity contribution in [3.8, 4) is 10.4 Å². The van der Waals surface area contributed by atoms with Gasteiger partial charge in [-0.2, -0.15) is 0 Å². The lowest BCUT2D eigenvalue weighted by atomic mass is 10.1. The highest BCUT2D eigenvalue weighted by Gasteiger charge is 2.22. The van der Waals surface area contributed by atoms with Crippen molar-refractivity contribution in [3.63, 3.8) is 0 Å². The summed E-state index contributed by atoms with van der Waals surface area (Å²) < 4.78 is 2.05. The van der Waals surface area contributed by atoms with Crippen molar-refractivity contribution in [1.82, 2.24) is 19.4 Å². The molecule has 4 rings (SSSR count). The molecule has 1 fully saturated rings. The van der Waals surface area contributed by atoms with Crippen LogP contribution >= 0.6 is 11.3 Å². The van der Waals surface area contributed by atoms with Crippen molar-refractivity contribution in [2.24, 2.45) is 7.05 Å². The first-order chi connectivity index (χ1) is 12.7. The molecule has 3 aromatic rings. The van der Waals surface area contributed by atoms with E-state index >= 15 is 0 Å². The molecule has 1 aliphatic rings. The molecule has 134 valence electrons. The van der Waals surface area contributed by atoms with Gasteiger partial charge in [0.05, 0.1) is 6.54 Å². The number of carbonyl (C=O) groups is 1. The second-order valence-corrected chi connectivity index (χ2v) is 7.53. The molecule has 1 aliphatic heterocycles. The Morgan fingerprint density at radius 1 is 1.12 bits per heavy atom. The zero-order valence-corrected chi connectivity index (χ0v) is 15.7. The molecule has 0 spiro atoms. The molecule has 26 heavy (non-hydrogen) atoms. The molecule has 6 heteroatoms. The Labute approximate surface area is 157 Å². The maximum atomic E-state index is 12.8. The summed E-state index contributed by atoms with van der Waals surface area (Å²) in [6.07, 6.45) is 3.80. The lowest BCUT2D eigenvalue weighted by Gasteiger charge is -2.34. The molecule has 0 radical (unpaired) electrons. The SMILES string of the molecule is Cn1ccnc1CN1CCN(C(=O)c2ccc(-c3cccs3)cc2)CC1. The zero-order valence-electron chi connectivity index (χ0n) is 14.8. The number of hydrogen-bond donors (Lipinski definition) is 0. The fourth-order valence-corrected chi connectivity index (χ4v) is 3.99. The van der Waals surface area contributed by atoms with Crippen LogP contribution in [0.15, 0.2) is 54.2 Å². The number of benzene rings is 1. The minimum absolute atomic E-state index is 0.124. The molecule has 0 saturated carbocycles. The van der Waals surface area contributed by atoms with Crippen LogP contribution in [0, 0.1) is 0 Å². The maximum Gasteiger partial charge on any atom is 0.253 e. The van der Waals surface area contributed by atoms with Gasteiger partial charge in [-0.15, -0.1) is 11.3 Å². The fraction of sp³-hybridized carbons (Fsp3) is 0.300. The fourth-order valence-electron chi connectivity index (χ4n) is 3.26. The summed E-state index contributed by atoms with van der Waals surface area (Å²) in [6, 6.07) is 12.1. The number of amides is 1. The minimum Gasteiger partial charge on any atom is -0.337 e. The van der Waals surface area contributed by atoms with Crippen LogP contribution in [0.5, 0.6) is 0 Å². The predicted octanol–water partition coefficient (Wildman–Crippen LogP) is 3.11. The van der Waals surface area contributed by atoms with Gasteiger partial charge < -0.3 is 9.47 Å². The number of imidazole rings is 1. The van der Waals surface area contributed by atoms with E-state index in [4.69, 9.17) is 0 Å². The molecule has 0 bridgehead atoms. The van der Waals surface area contributed by atoms with Gasteiger partial charge in [-0.25, -0.2) is 4.98 Å². The molecule has 1 saturated heterocycles. The minimum atomic E-state index is 0.124. The molecular weight excluding hydrogens is 344 g/mol. The molecule has 0 N–H and O–H groups in total. The summed E-state index contributed by atoms with van der Waals surface area (Å²) in [5.74, 6) is 1.19. The third-order valence-electron chi connectivity index (χ3n) is 4.88. The van der Waals surface area contributed by atoms with Gasteiger partial charge in [0, 0.05) is 56.1 Å². The number of thiophene rings is 1. The van der Waals surface area contributed by atoms with Gasteiger partial charge in [0.25, 0.3) is 5.91 Å². The number of aromatic nitrogens is 2. The lowest BCUT2D eigenvalue weighted by molar-refractivity contribution is 0.0624. The third-order valence-corrected chi connectivity index (χ3v) is 5.80. The Balaban J connectivity index is 1.35. The summed E-state index contributed by atoms with van der Waals surface area (Å²) in [4.78, 5) is 22.7. The smallest absolute Gasteiger partial charge is 0.253 e. The van der Waals surface area contributed by atoms with Crippen molar-refractivity contribution in [2.75, 3.05) is 26.2 Å². The first kappa shape index (κ1) is 17.0. The number of carbonyl (C=O) groups excluding carboxylic acids is 1. The van der Waals surface area contributed by atoms with E-state index in [9.17, 15) is 4.79 Å². The van der Waals surface area contributed by atoms with Gasteiger partial charge in [0.1, 0.15) is 5.82 Å². The first-order valence-electron chi connectivity index (χ1n) is 8.82. The Morgan fingerprint density at radius 2 is 1.88 bits per heavy atom. The highest BCUT2D eigenvalue weighted by atomic mass is 32.1. The molecule has 5 nitrogen and oxygen atoms in total. The number of piperazine rings is 1. The van der Waals surface area contributed by atoms with Gasteiger partial charge >= 0.3 is 0 Å². The van der Waals surface area contributed by atoms with Crippen LogP contribution in [0.25, 0.3) is 10.4 Å². The van der Waals surface area contributed by atoms with E-state index in [1.165, 1.54) is 4.88 Å². The van der Waals surface area contributed by atoms with Gasteiger partial charge in [0.15, 0.2) is 0 Å². The monoisotopic (exact) mass is 366 g/mol. The molecule has 1 amide bonds.